The molecule has 1 aliphatic heterocycles. The van der Waals surface area contributed by atoms with E-state index in [2.05, 4.69) is 5.32 Å². The van der Waals surface area contributed by atoms with Crippen molar-refractivity contribution in [3.63, 3.8) is 0 Å². The van der Waals surface area contributed by atoms with Crippen LogP contribution in [0.5, 0.6) is 11.5 Å². The van der Waals surface area contributed by atoms with Gasteiger partial charge in [0.05, 0.1) is 6.42 Å². The Kier molecular flexibility index (Phi) is 7.78. The molecule has 0 unspecified atom stereocenters. The van der Waals surface area contributed by atoms with Gasteiger partial charge in [0.1, 0.15) is 6.04 Å². The van der Waals surface area contributed by atoms with E-state index in [0.717, 1.165) is 41.7 Å². The van der Waals surface area contributed by atoms with Gasteiger partial charge in [0.2, 0.25) is 18.6 Å². The van der Waals surface area contributed by atoms with Gasteiger partial charge in [-0.2, -0.15) is 0 Å². The van der Waals surface area contributed by atoms with Gasteiger partial charge in [-0.3, -0.25) is 9.59 Å². The fourth-order valence-corrected chi connectivity index (χ4v) is 5.69. The Morgan fingerprint density at radius 1 is 1.03 bits per heavy atom. The van der Waals surface area contributed by atoms with Gasteiger partial charge in [0.25, 0.3) is 0 Å². The van der Waals surface area contributed by atoms with Crippen molar-refractivity contribution in [3.05, 3.63) is 81.0 Å². The molecule has 6 nitrogen and oxygen atoms in total. The predicted octanol–water partition coefficient (Wildman–Crippen LogP) is 5.89. The molecule has 2 aliphatic rings. The van der Waals surface area contributed by atoms with Crippen molar-refractivity contribution in [3.8, 4) is 11.5 Å². The van der Waals surface area contributed by atoms with Gasteiger partial charge >= 0.3 is 0 Å². The number of rotatable bonds is 8. The lowest BCUT2D eigenvalue weighted by atomic mass is 9.94. The van der Waals surface area contributed by atoms with E-state index in [1.54, 1.807) is 17.0 Å². The van der Waals surface area contributed by atoms with Crippen LogP contribution in [0.1, 0.15) is 54.1 Å². The third-order valence-electron chi connectivity index (χ3n) is 6.71. The maximum absolute atomic E-state index is 13.8. The number of thiophene rings is 1. The van der Waals surface area contributed by atoms with Crippen LogP contribution >= 0.6 is 22.9 Å². The van der Waals surface area contributed by atoms with Crippen molar-refractivity contribution >= 4 is 34.8 Å². The number of halogens is 1. The number of fused-ring (bicyclic) bond motifs is 1. The van der Waals surface area contributed by atoms with Crippen LogP contribution in [0.15, 0.2) is 60.0 Å². The molecular weight excluding hydrogens is 496 g/mol. The SMILES string of the molecule is O=C(NC1CCCCC1)[C@H](c1ccc(Cl)cc1)N(Cc1ccc2c(c1)OCO2)C(=O)Cc1cccs1. The van der Waals surface area contributed by atoms with Gasteiger partial charge in [0, 0.05) is 22.5 Å². The maximum atomic E-state index is 13.8. The number of nitrogens with zero attached hydrogens (tertiary/aromatic N) is 1. The van der Waals surface area contributed by atoms with Gasteiger partial charge in [-0.25, -0.2) is 0 Å². The standard InChI is InChI=1S/C28H29ClN2O4S/c29-21-11-9-20(10-12-21)27(28(33)30-22-5-2-1-3-6-22)31(26(32)16-23-7-4-14-36-23)17-19-8-13-24-25(15-19)35-18-34-24/h4,7-15,22,27H,1-3,5-6,16-18H2,(H,30,33)/t27-/m0/s1. The highest BCUT2D eigenvalue weighted by atomic mass is 35.5. The molecule has 0 radical (unpaired) electrons. The molecule has 36 heavy (non-hydrogen) atoms. The Morgan fingerprint density at radius 3 is 2.56 bits per heavy atom. The maximum Gasteiger partial charge on any atom is 0.247 e. The highest BCUT2D eigenvalue weighted by Gasteiger charge is 2.33. The van der Waals surface area contributed by atoms with Crippen LogP contribution in [-0.2, 0) is 22.6 Å². The van der Waals surface area contributed by atoms with Gasteiger partial charge in [-0.15, -0.1) is 11.3 Å². The molecule has 1 saturated carbocycles. The fourth-order valence-electron chi connectivity index (χ4n) is 4.87. The van der Waals surface area contributed by atoms with Crippen molar-refractivity contribution in [2.24, 2.45) is 0 Å². The first-order valence-electron chi connectivity index (χ1n) is 12.3. The zero-order valence-electron chi connectivity index (χ0n) is 20.0. The number of hydrogen-bond acceptors (Lipinski definition) is 5. The smallest absolute Gasteiger partial charge is 0.247 e. The number of carbonyl (C=O) groups excluding carboxylic acids is 2. The van der Waals surface area contributed by atoms with E-state index in [0.29, 0.717) is 16.5 Å². The highest BCUT2D eigenvalue weighted by molar-refractivity contribution is 7.10. The van der Waals surface area contributed by atoms with Crippen molar-refractivity contribution in [2.75, 3.05) is 6.79 Å². The third-order valence-corrected chi connectivity index (χ3v) is 7.84. The van der Waals surface area contributed by atoms with Crippen LogP contribution in [-0.4, -0.2) is 29.5 Å². The monoisotopic (exact) mass is 524 g/mol. The molecule has 1 atom stereocenters. The quantitative estimate of drug-likeness (QED) is 0.399. The van der Waals surface area contributed by atoms with E-state index in [4.69, 9.17) is 21.1 Å². The molecule has 0 spiro atoms. The minimum atomic E-state index is -0.790. The first kappa shape index (κ1) is 24.7. The third kappa shape index (κ3) is 5.85. The summed E-state index contributed by atoms with van der Waals surface area (Å²) in [5.74, 6) is 1.05. The summed E-state index contributed by atoms with van der Waals surface area (Å²) in [5.41, 5.74) is 1.59. The van der Waals surface area contributed by atoms with E-state index < -0.39 is 6.04 Å². The molecule has 1 aromatic heterocycles. The lowest BCUT2D eigenvalue weighted by Crippen LogP contribution is -2.47. The normalized spacial score (nSPS) is 15.9. The largest absolute Gasteiger partial charge is 0.454 e. The summed E-state index contributed by atoms with van der Waals surface area (Å²) >= 11 is 7.70. The number of hydrogen-bond donors (Lipinski definition) is 1. The summed E-state index contributed by atoms with van der Waals surface area (Å²) < 4.78 is 11.0. The average molecular weight is 525 g/mol. The lowest BCUT2D eigenvalue weighted by molar-refractivity contribution is -0.141. The molecule has 1 N–H and O–H groups in total. The minimum absolute atomic E-state index is 0.117. The Labute approximate surface area is 220 Å². The first-order chi connectivity index (χ1) is 17.6. The van der Waals surface area contributed by atoms with E-state index in [9.17, 15) is 9.59 Å². The van der Waals surface area contributed by atoms with E-state index in [1.807, 2.05) is 47.8 Å². The summed E-state index contributed by atoms with van der Waals surface area (Å²) in [4.78, 5) is 30.3. The summed E-state index contributed by atoms with van der Waals surface area (Å²) in [6, 6.07) is 16.0. The summed E-state index contributed by atoms with van der Waals surface area (Å²) in [6.07, 6.45) is 5.56. The van der Waals surface area contributed by atoms with Crippen LogP contribution in [0, 0.1) is 0 Å². The van der Waals surface area contributed by atoms with E-state index in [-0.39, 0.29) is 37.6 Å². The average Bonchev–Trinajstić information content (AvgIpc) is 3.57. The van der Waals surface area contributed by atoms with Crippen molar-refractivity contribution in [1.82, 2.24) is 10.2 Å². The molecule has 0 saturated heterocycles. The van der Waals surface area contributed by atoms with Crippen LogP contribution in [0.4, 0.5) is 0 Å². The zero-order chi connectivity index (χ0) is 24.9. The van der Waals surface area contributed by atoms with Crippen LogP contribution in [0.25, 0.3) is 0 Å². The van der Waals surface area contributed by atoms with E-state index >= 15 is 0 Å². The van der Waals surface area contributed by atoms with Gasteiger partial charge in [0.15, 0.2) is 11.5 Å². The van der Waals surface area contributed by atoms with Crippen LogP contribution in [0.2, 0.25) is 5.02 Å². The lowest BCUT2D eigenvalue weighted by Gasteiger charge is -2.33. The molecule has 1 aliphatic carbocycles. The number of nitrogens with one attached hydrogen (secondary N) is 1. The highest BCUT2D eigenvalue weighted by Crippen LogP contribution is 2.34. The molecule has 8 heteroatoms. The van der Waals surface area contributed by atoms with Crippen molar-refractivity contribution < 1.29 is 19.1 Å². The number of amides is 2. The first-order valence-corrected chi connectivity index (χ1v) is 13.6. The molecule has 2 amide bonds. The molecular formula is C28H29ClN2O4S. The van der Waals surface area contributed by atoms with E-state index in [1.165, 1.54) is 17.8 Å². The number of carbonyl (C=O) groups is 2. The summed E-state index contributed by atoms with van der Waals surface area (Å²) in [6.45, 7) is 0.434. The van der Waals surface area contributed by atoms with Crippen molar-refractivity contribution in [2.45, 2.75) is 57.2 Å². The molecule has 1 fully saturated rings. The van der Waals surface area contributed by atoms with Gasteiger partial charge in [-0.05, 0) is 59.7 Å². The number of ether oxygens (including phenoxy) is 2. The minimum Gasteiger partial charge on any atom is -0.454 e. The molecule has 0 bridgehead atoms. The molecule has 5 rings (SSSR count). The predicted molar refractivity (Wildman–Crippen MR) is 140 cm³/mol. The summed E-state index contributed by atoms with van der Waals surface area (Å²) in [7, 11) is 0. The topological polar surface area (TPSA) is 67.9 Å². The Bertz CT molecular complexity index is 1190. The Hall–Kier alpha value is -3.03. The van der Waals surface area contributed by atoms with Crippen molar-refractivity contribution in [1.29, 1.82) is 0 Å². The Balaban J connectivity index is 1.49. The second kappa shape index (κ2) is 11.4. The van der Waals surface area contributed by atoms with Crippen LogP contribution < -0.4 is 14.8 Å². The van der Waals surface area contributed by atoms with Gasteiger partial charge < -0.3 is 19.7 Å². The Morgan fingerprint density at radius 2 is 1.81 bits per heavy atom. The molecule has 188 valence electrons. The molecule has 2 heterocycles. The van der Waals surface area contributed by atoms with Gasteiger partial charge in [-0.1, -0.05) is 55.1 Å². The number of benzene rings is 2. The fraction of sp³-hybridized carbons (Fsp3) is 0.357. The van der Waals surface area contributed by atoms with Crippen LogP contribution in [0.3, 0.4) is 0 Å². The zero-order valence-corrected chi connectivity index (χ0v) is 21.5. The molecule has 2 aromatic carbocycles. The molecule has 3 aromatic rings. The summed E-state index contributed by atoms with van der Waals surface area (Å²) in [5, 5.41) is 5.78. The second-order valence-electron chi connectivity index (χ2n) is 9.26. The second-order valence-corrected chi connectivity index (χ2v) is 10.7.